The molecule has 6 aromatic heterocycles. The van der Waals surface area contributed by atoms with E-state index in [4.69, 9.17) is 5.73 Å². The Kier molecular flexibility index (Phi) is 13.5. The number of rotatable bonds is 19. The normalized spacial score (nSPS) is 11.6. The number of ketones is 3. The zero-order valence-electron chi connectivity index (χ0n) is 36.1. The number of imidazole rings is 3. The van der Waals surface area contributed by atoms with Gasteiger partial charge in [-0.05, 0) is 41.3 Å². The minimum atomic E-state index is -0.669. The van der Waals surface area contributed by atoms with Crippen molar-refractivity contribution in [2.45, 2.75) is 32.6 Å². The molecule has 21 nitrogen and oxygen atoms in total. The Balaban J connectivity index is 0.963. The van der Waals surface area contributed by atoms with Crippen LogP contribution in [0.25, 0.3) is 0 Å². The number of carbonyl (C=O) groups is 7. The molecule has 1 unspecified atom stereocenters. The number of amides is 4. The largest absolute Gasteiger partial charge is 0.357 e. The molecule has 4 amide bonds. The van der Waals surface area contributed by atoms with E-state index in [0.29, 0.717) is 23.4 Å². The Morgan fingerprint density at radius 3 is 1.71 bits per heavy atom. The van der Waals surface area contributed by atoms with Crippen LogP contribution in [-0.4, -0.2) is 96.5 Å². The number of carbonyl (C=O) groups excluding carboxylic acids is 7. The van der Waals surface area contributed by atoms with Crippen LogP contribution in [0.2, 0.25) is 0 Å². The van der Waals surface area contributed by atoms with Crippen molar-refractivity contribution in [1.82, 2.24) is 53.0 Å². The molecule has 0 aliphatic rings. The molecule has 1 atom stereocenters. The second kappa shape index (κ2) is 18.9. The molecule has 330 valence electrons. The van der Waals surface area contributed by atoms with Crippen LogP contribution < -0.4 is 27.0 Å². The second-order valence-corrected chi connectivity index (χ2v) is 15.4. The van der Waals surface area contributed by atoms with Crippen LogP contribution in [0.15, 0.2) is 61.6 Å². The maximum Gasteiger partial charge on any atom is 0.292 e. The summed E-state index contributed by atoms with van der Waals surface area (Å²) in [5.41, 5.74) is 8.78. The Labute approximate surface area is 361 Å². The number of anilines is 2. The fourth-order valence-corrected chi connectivity index (χ4v) is 7.08. The van der Waals surface area contributed by atoms with Gasteiger partial charge in [0, 0.05) is 111 Å². The van der Waals surface area contributed by atoms with Gasteiger partial charge in [-0.25, -0.2) is 15.0 Å². The van der Waals surface area contributed by atoms with Crippen molar-refractivity contribution in [3.63, 3.8) is 0 Å². The maximum atomic E-state index is 13.3. The lowest BCUT2D eigenvalue weighted by Crippen LogP contribution is -2.31. The number of nitrogens with zero attached hydrogens (tertiary/aromatic N) is 9. The van der Waals surface area contributed by atoms with Gasteiger partial charge in [0.15, 0.2) is 29.0 Å². The molecular formula is C42H50N14O7. The quantitative estimate of drug-likeness (QED) is 0.0575. The van der Waals surface area contributed by atoms with Gasteiger partial charge in [-0.3, -0.25) is 33.6 Å². The second-order valence-electron chi connectivity index (χ2n) is 15.4. The lowest BCUT2D eigenvalue weighted by Gasteiger charge is -2.11. The fraction of sp³-hybridized carbons (Fsp3) is 0.333. The summed E-state index contributed by atoms with van der Waals surface area (Å²) < 4.78 is 9.45. The Bertz CT molecular complexity index is 2740. The monoisotopic (exact) mass is 862 g/mol. The zero-order chi connectivity index (χ0) is 45.7. The van der Waals surface area contributed by atoms with Crippen molar-refractivity contribution in [2.24, 2.45) is 53.9 Å². The first-order valence-electron chi connectivity index (χ1n) is 19.9. The highest BCUT2D eigenvalue weighted by atomic mass is 16.2. The van der Waals surface area contributed by atoms with Crippen molar-refractivity contribution in [2.75, 3.05) is 23.8 Å². The highest BCUT2D eigenvalue weighted by molar-refractivity contribution is 6.05. The van der Waals surface area contributed by atoms with Crippen LogP contribution in [0.4, 0.5) is 11.6 Å². The van der Waals surface area contributed by atoms with Crippen molar-refractivity contribution >= 4 is 52.6 Å². The van der Waals surface area contributed by atoms with E-state index in [1.165, 1.54) is 39.3 Å². The molecule has 0 radical (unpaired) electrons. The molecule has 6 N–H and O–H groups in total. The highest BCUT2D eigenvalue weighted by Crippen LogP contribution is 2.18. The molecule has 0 aliphatic heterocycles. The smallest absolute Gasteiger partial charge is 0.292 e. The number of aromatic nitrogens is 9. The number of Topliss-reactive ketones (excluding diaryl/α,β-unsaturated/α-hetero) is 3. The summed E-state index contributed by atoms with van der Waals surface area (Å²) in [5.74, 6) is -3.02. The molecule has 63 heavy (non-hydrogen) atoms. The third kappa shape index (κ3) is 10.4. The van der Waals surface area contributed by atoms with Crippen LogP contribution in [0, 0.1) is 5.92 Å². The van der Waals surface area contributed by atoms with E-state index in [1.54, 1.807) is 68.8 Å². The average molecular weight is 863 g/mol. The summed E-state index contributed by atoms with van der Waals surface area (Å²) >= 11 is 0. The third-order valence-electron chi connectivity index (χ3n) is 10.4. The summed E-state index contributed by atoms with van der Waals surface area (Å²) in [4.78, 5) is 103. The van der Waals surface area contributed by atoms with Crippen LogP contribution in [0.3, 0.4) is 0 Å². The molecule has 0 spiro atoms. The first-order chi connectivity index (χ1) is 29.9. The number of aryl methyl sites for hydroxylation is 5. The topological polar surface area (TPSA) is 262 Å². The van der Waals surface area contributed by atoms with Gasteiger partial charge in [-0.1, -0.05) is 6.92 Å². The summed E-state index contributed by atoms with van der Waals surface area (Å²) in [7, 11) is 10.1. The van der Waals surface area contributed by atoms with Gasteiger partial charge >= 0.3 is 0 Å². The molecule has 0 saturated heterocycles. The number of hydrogen-bond acceptors (Lipinski definition) is 11. The van der Waals surface area contributed by atoms with Crippen molar-refractivity contribution in [1.29, 1.82) is 0 Å². The molecule has 0 bridgehead atoms. The predicted molar refractivity (Wildman–Crippen MR) is 229 cm³/mol. The number of hydrogen-bond donors (Lipinski definition) is 5. The van der Waals surface area contributed by atoms with E-state index in [0.717, 1.165) is 11.1 Å². The number of nitrogens with one attached hydrogen (secondary N) is 4. The maximum absolute atomic E-state index is 13.3. The molecule has 6 aromatic rings. The lowest BCUT2D eigenvalue weighted by molar-refractivity contribution is -0.121. The van der Waals surface area contributed by atoms with Crippen LogP contribution in [-0.2, 0) is 66.3 Å². The highest BCUT2D eigenvalue weighted by Gasteiger charge is 2.24. The van der Waals surface area contributed by atoms with E-state index in [9.17, 15) is 33.6 Å². The first-order valence-corrected chi connectivity index (χ1v) is 19.9. The van der Waals surface area contributed by atoms with Crippen molar-refractivity contribution in [3.05, 3.63) is 113 Å². The Morgan fingerprint density at radius 2 is 1.16 bits per heavy atom. The summed E-state index contributed by atoms with van der Waals surface area (Å²) in [6.45, 7) is 1.86. The van der Waals surface area contributed by atoms with E-state index >= 15 is 0 Å². The predicted octanol–water partition coefficient (Wildman–Crippen LogP) is 1.47. The minimum Gasteiger partial charge on any atom is -0.357 e. The SMILES string of the molecule is CC(CCNC(=O)c1nc(NC(=O)c2nc(NC(=O)c3ncc(C(=O)NCN)n3C)cn2C)cn1C)C(=O)Cc1cc(C(=O)Cc2cc(C(=O)Cc3ccn(C)c3)n(C)c2)n(C)c1. The van der Waals surface area contributed by atoms with E-state index in [-0.39, 0.29) is 84.6 Å². The van der Waals surface area contributed by atoms with Crippen LogP contribution in [0.5, 0.6) is 0 Å². The molecule has 0 saturated carbocycles. The lowest BCUT2D eigenvalue weighted by atomic mass is 9.97. The summed E-state index contributed by atoms with van der Waals surface area (Å²) in [6.07, 6.45) is 12.3. The molecule has 0 fully saturated rings. The van der Waals surface area contributed by atoms with Gasteiger partial charge in [0.2, 0.25) is 11.6 Å². The molecule has 0 aromatic carbocycles. The molecular weight excluding hydrogens is 813 g/mol. The third-order valence-corrected chi connectivity index (χ3v) is 10.4. The van der Waals surface area contributed by atoms with E-state index < -0.39 is 29.5 Å². The molecule has 6 heterocycles. The van der Waals surface area contributed by atoms with E-state index in [2.05, 4.69) is 36.2 Å². The van der Waals surface area contributed by atoms with E-state index in [1.807, 2.05) is 30.1 Å². The van der Waals surface area contributed by atoms with Gasteiger partial charge < -0.3 is 54.4 Å². The Hall–Kier alpha value is -7.68. The minimum absolute atomic E-state index is 0.0126. The van der Waals surface area contributed by atoms with Gasteiger partial charge in [0.05, 0.1) is 24.3 Å². The standard InChI is InChI=1S/C42H50N14O7/c1-24(31(57)15-26-12-29(52(3)19-26)33(59)16-27-13-28(53(4)20-27)32(58)14-25-9-11-51(2)18-25)8-10-44-40(61)37-47-34(21-54(37)5)50-42(63)38-48-35(22-55(38)6)49-41(62)36-45-17-30(56(36)7)39(60)46-23-43/h9,11-13,17-22,24H,8,10,14-16,23,43H2,1-7H3,(H,44,61)(H,46,60)(H,49,62)(H,50,63). The summed E-state index contributed by atoms with van der Waals surface area (Å²) in [6, 6.07) is 5.37. The van der Waals surface area contributed by atoms with Gasteiger partial charge in [-0.15, -0.1) is 0 Å². The molecule has 6 rings (SSSR count). The summed E-state index contributed by atoms with van der Waals surface area (Å²) in [5, 5.41) is 10.4. The molecule has 21 heteroatoms. The van der Waals surface area contributed by atoms with Gasteiger partial charge in [0.1, 0.15) is 11.5 Å². The van der Waals surface area contributed by atoms with Gasteiger partial charge in [0.25, 0.3) is 23.6 Å². The average Bonchev–Trinajstić information content (AvgIpc) is 4.08. The number of nitrogens with two attached hydrogens (primary N) is 1. The Morgan fingerprint density at radius 1 is 0.619 bits per heavy atom. The first kappa shape index (κ1) is 44.9. The zero-order valence-corrected chi connectivity index (χ0v) is 36.1. The fourth-order valence-electron chi connectivity index (χ4n) is 7.08. The van der Waals surface area contributed by atoms with Crippen LogP contribution >= 0.6 is 0 Å². The van der Waals surface area contributed by atoms with Crippen molar-refractivity contribution < 1.29 is 33.6 Å². The van der Waals surface area contributed by atoms with Crippen molar-refractivity contribution in [3.8, 4) is 0 Å². The molecule has 0 aliphatic carbocycles. The van der Waals surface area contributed by atoms with Crippen LogP contribution in [0.1, 0.15) is 93.4 Å². The van der Waals surface area contributed by atoms with Gasteiger partial charge in [-0.2, -0.15) is 0 Å².